The summed E-state index contributed by atoms with van der Waals surface area (Å²) in [6, 6.07) is 8.86. The van der Waals surface area contributed by atoms with Gasteiger partial charge in [0.1, 0.15) is 6.04 Å². The molecule has 2 aromatic carbocycles. The molecule has 27 heavy (non-hydrogen) atoms. The van der Waals surface area contributed by atoms with E-state index in [0.717, 1.165) is 22.3 Å². The summed E-state index contributed by atoms with van der Waals surface area (Å²) >= 11 is 0. The van der Waals surface area contributed by atoms with Crippen LogP contribution in [0.3, 0.4) is 0 Å². The van der Waals surface area contributed by atoms with E-state index in [1.807, 2.05) is 19.1 Å². The highest BCUT2D eigenvalue weighted by Gasteiger charge is 2.40. The summed E-state index contributed by atoms with van der Waals surface area (Å²) in [5.74, 6) is -1.31. The van der Waals surface area contributed by atoms with Gasteiger partial charge in [0.2, 0.25) is 0 Å². The summed E-state index contributed by atoms with van der Waals surface area (Å²) < 4.78 is 0. The number of amides is 1. The first-order valence-corrected chi connectivity index (χ1v) is 8.71. The van der Waals surface area contributed by atoms with Crippen LogP contribution < -0.4 is 0 Å². The standard InChI is InChI=1S/C20H20N2O5/c1-4-18(20(24)25)21-12(3)16-7-5-13(10-17(16)19(21)23)15-8-6-14(22(26)27)9-11(15)2/h5-10,12,18H,4H2,1-3H3,(H,24,25). The average Bonchev–Trinajstić information content (AvgIpc) is 2.86. The molecule has 1 N–H and O–H groups in total. The minimum atomic E-state index is -1.02. The summed E-state index contributed by atoms with van der Waals surface area (Å²) in [5, 5.41) is 20.4. The van der Waals surface area contributed by atoms with Crippen LogP contribution in [0.5, 0.6) is 0 Å². The lowest BCUT2D eigenvalue weighted by molar-refractivity contribution is -0.384. The van der Waals surface area contributed by atoms with Gasteiger partial charge in [-0.1, -0.05) is 19.1 Å². The number of fused-ring (bicyclic) bond motifs is 1. The number of non-ortho nitro benzene ring substituents is 1. The second-order valence-electron chi connectivity index (χ2n) is 6.71. The highest BCUT2D eigenvalue weighted by Crippen LogP contribution is 2.38. The number of carboxylic acid groups (broad SMARTS) is 1. The van der Waals surface area contributed by atoms with Crippen molar-refractivity contribution in [2.75, 3.05) is 0 Å². The van der Waals surface area contributed by atoms with Gasteiger partial charge in [-0.15, -0.1) is 0 Å². The number of benzene rings is 2. The Hall–Kier alpha value is -3.22. The van der Waals surface area contributed by atoms with E-state index >= 15 is 0 Å². The van der Waals surface area contributed by atoms with E-state index in [4.69, 9.17) is 0 Å². The molecular formula is C20H20N2O5. The molecule has 0 saturated heterocycles. The lowest BCUT2D eigenvalue weighted by Gasteiger charge is -2.28. The van der Waals surface area contributed by atoms with E-state index in [-0.39, 0.29) is 17.6 Å². The number of hydrogen-bond donors (Lipinski definition) is 1. The smallest absolute Gasteiger partial charge is 0.326 e. The molecule has 2 aromatic rings. The Labute approximate surface area is 156 Å². The predicted molar refractivity (Wildman–Crippen MR) is 99.6 cm³/mol. The van der Waals surface area contributed by atoms with Crippen LogP contribution in [0.4, 0.5) is 5.69 Å². The van der Waals surface area contributed by atoms with Gasteiger partial charge in [-0.3, -0.25) is 14.9 Å². The Morgan fingerprint density at radius 2 is 1.96 bits per heavy atom. The lowest BCUT2D eigenvalue weighted by atomic mass is 9.95. The summed E-state index contributed by atoms with van der Waals surface area (Å²) in [5.41, 5.74) is 3.59. The third-order valence-corrected chi connectivity index (χ3v) is 5.12. The average molecular weight is 368 g/mol. The first-order valence-electron chi connectivity index (χ1n) is 8.71. The summed E-state index contributed by atoms with van der Waals surface area (Å²) in [4.78, 5) is 36.3. The minimum Gasteiger partial charge on any atom is -0.480 e. The maximum Gasteiger partial charge on any atom is 0.326 e. The van der Waals surface area contributed by atoms with Gasteiger partial charge >= 0.3 is 5.97 Å². The molecule has 0 spiro atoms. The number of aliphatic carboxylic acids is 1. The van der Waals surface area contributed by atoms with Crippen molar-refractivity contribution in [2.45, 2.75) is 39.3 Å². The fourth-order valence-corrected chi connectivity index (χ4v) is 3.73. The van der Waals surface area contributed by atoms with Crippen LogP contribution in [0.1, 0.15) is 47.8 Å². The molecule has 0 fully saturated rings. The number of carbonyl (C=O) groups excluding carboxylic acids is 1. The quantitative estimate of drug-likeness (QED) is 0.636. The third-order valence-electron chi connectivity index (χ3n) is 5.12. The molecule has 0 radical (unpaired) electrons. The zero-order valence-electron chi connectivity index (χ0n) is 15.3. The zero-order valence-corrected chi connectivity index (χ0v) is 15.3. The van der Waals surface area contributed by atoms with Gasteiger partial charge < -0.3 is 10.0 Å². The van der Waals surface area contributed by atoms with Crippen molar-refractivity contribution in [2.24, 2.45) is 0 Å². The fourth-order valence-electron chi connectivity index (χ4n) is 3.73. The topological polar surface area (TPSA) is 101 Å². The van der Waals surface area contributed by atoms with Crippen LogP contribution in [0, 0.1) is 17.0 Å². The van der Waals surface area contributed by atoms with Gasteiger partial charge in [-0.2, -0.15) is 0 Å². The molecule has 1 amide bonds. The van der Waals surface area contributed by atoms with Crippen molar-refractivity contribution in [3.8, 4) is 11.1 Å². The Morgan fingerprint density at radius 1 is 1.26 bits per heavy atom. The molecule has 1 heterocycles. The summed E-state index contributed by atoms with van der Waals surface area (Å²) in [6.45, 7) is 5.35. The van der Waals surface area contributed by atoms with Gasteiger partial charge in [0.15, 0.2) is 0 Å². The molecular weight excluding hydrogens is 348 g/mol. The number of nitro groups is 1. The van der Waals surface area contributed by atoms with Gasteiger partial charge in [0, 0.05) is 17.7 Å². The zero-order chi connectivity index (χ0) is 19.9. The highest BCUT2D eigenvalue weighted by atomic mass is 16.6. The van der Waals surface area contributed by atoms with E-state index in [1.54, 1.807) is 26.0 Å². The van der Waals surface area contributed by atoms with Gasteiger partial charge in [0.25, 0.3) is 11.6 Å². The maximum absolute atomic E-state index is 12.9. The normalized spacial score (nSPS) is 16.9. The van der Waals surface area contributed by atoms with Crippen LogP contribution >= 0.6 is 0 Å². The van der Waals surface area contributed by atoms with E-state index in [9.17, 15) is 24.8 Å². The number of aryl methyl sites for hydroxylation is 1. The van der Waals surface area contributed by atoms with Crippen LogP contribution in [0.25, 0.3) is 11.1 Å². The van der Waals surface area contributed by atoms with Crippen molar-refractivity contribution < 1.29 is 19.6 Å². The molecule has 0 aliphatic carbocycles. The van der Waals surface area contributed by atoms with Crippen molar-refractivity contribution in [1.82, 2.24) is 4.90 Å². The molecule has 2 atom stereocenters. The van der Waals surface area contributed by atoms with Gasteiger partial charge in [-0.25, -0.2) is 4.79 Å². The van der Waals surface area contributed by atoms with E-state index in [2.05, 4.69) is 0 Å². The highest BCUT2D eigenvalue weighted by molar-refractivity contribution is 6.02. The van der Waals surface area contributed by atoms with Crippen LogP contribution in [0.2, 0.25) is 0 Å². The van der Waals surface area contributed by atoms with E-state index < -0.39 is 16.9 Å². The number of carboxylic acids is 1. The van der Waals surface area contributed by atoms with E-state index in [0.29, 0.717) is 12.0 Å². The number of nitro benzene ring substituents is 1. The SMILES string of the molecule is CCC(C(=O)O)N1C(=O)c2cc(-c3ccc([N+](=O)[O-])cc3C)ccc2C1C. The maximum atomic E-state index is 12.9. The second-order valence-corrected chi connectivity index (χ2v) is 6.71. The second kappa shape index (κ2) is 6.83. The summed E-state index contributed by atoms with van der Waals surface area (Å²) in [7, 11) is 0. The third kappa shape index (κ3) is 3.05. The monoisotopic (exact) mass is 368 g/mol. The molecule has 0 aromatic heterocycles. The van der Waals surface area contributed by atoms with Crippen molar-refractivity contribution >= 4 is 17.6 Å². The molecule has 0 saturated carbocycles. The Balaban J connectivity index is 2.03. The molecule has 7 heteroatoms. The van der Waals surface area contributed by atoms with Crippen molar-refractivity contribution in [3.63, 3.8) is 0 Å². The predicted octanol–water partition coefficient (Wildman–Crippen LogP) is 3.95. The molecule has 140 valence electrons. The van der Waals surface area contributed by atoms with E-state index in [1.165, 1.54) is 17.0 Å². The molecule has 7 nitrogen and oxygen atoms in total. The molecule has 3 rings (SSSR count). The van der Waals surface area contributed by atoms with Crippen molar-refractivity contribution in [1.29, 1.82) is 0 Å². The van der Waals surface area contributed by atoms with Crippen molar-refractivity contribution in [3.05, 3.63) is 63.2 Å². The molecule has 0 bridgehead atoms. The molecule has 2 unspecified atom stereocenters. The Morgan fingerprint density at radius 3 is 2.52 bits per heavy atom. The number of rotatable bonds is 5. The largest absolute Gasteiger partial charge is 0.480 e. The lowest BCUT2D eigenvalue weighted by Crippen LogP contribution is -2.42. The number of nitrogens with zero attached hydrogens (tertiary/aromatic N) is 2. The fraction of sp³-hybridized carbons (Fsp3) is 0.300. The van der Waals surface area contributed by atoms with Crippen LogP contribution in [-0.2, 0) is 4.79 Å². The molecule has 1 aliphatic rings. The van der Waals surface area contributed by atoms with Gasteiger partial charge in [0.05, 0.1) is 11.0 Å². The van der Waals surface area contributed by atoms with Crippen LogP contribution in [-0.4, -0.2) is 32.8 Å². The van der Waals surface area contributed by atoms with Gasteiger partial charge in [-0.05, 0) is 54.7 Å². The summed E-state index contributed by atoms with van der Waals surface area (Å²) in [6.07, 6.45) is 0.327. The minimum absolute atomic E-state index is 0.0144. The first kappa shape index (κ1) is 18.6. The number of carbonyl (C=O) groups is 2. The first-order chi connectivity index (χ1) is 12.8. The molecule has 1 aliphatic heterocycles. The van der Waals surface area contributed by atoms with Crippen LogP contribution in [0.15, 0.2) is 36.4 Å². The number of hydrogen-bond acceptors (Lipinski definition) is 4. The Kier molecular flexibility index (Phi) is 4.70. The Bertz CT molecular complexity index is 953.